The van der Waals surface area contributed by atoms with Crippen molar-refractivity contribution in [3.63, 3.8) is 0 Å². The van der Waals surface area contributed by atoms with Crippen LogP contribution in [0, 0.1) is 5.21 Å². The van der Waals surface area contributed by atoms with Gasteiger partial charge < -0.3 is 15.1 Å². The number of pyridine rings is 1. The maximum absolute atomic E-state index is 11.7. The molecule has 24 heavy (non-hydrogen) atoms. The lowest BCUT2D eigenvalue weighted by Crippen LogP contribution is -2.27. The molecule has 2 aromatic rings. The lowest BCUT2D eigenvalue weighted by Gasteiger charge is -2.19. The van der Waals surface area contributed by atoms with Gasteiger partial charge in [0, 0.05) is 17.8 Å². The fourth-order valence-electron chi connectivity index (χ4n) is 2.01. The highest BCUT2D eigenvalue weighted by atomic mass is 35.5. The van der Waals surface area contributed by atoms with Gasteiger partial charge >= 0.3 is 6.09 Å². The minimum atomic E-state index is -0.931. The first-order valence-corrected chi connectivity index (χ1v) is 7.70. The SMILES string of the molecule is CC(C)(C)OC(=O)Nc1ccc(C(O)c2cc[n+]([O-])c(Cl)c2)cc1. The molecule has 2 rings (SSSR count). The molecule has 1 aromatic carbocycles. The molecule has 0 aliphatic heterocycles. The van der Waals surface area contributed by atoms with E-state index >= 15 is 0 Å². The number of benzene rings is 1. The number of hydrogen-bond donors (Lipinski definition) is 2. The van der Waals surface area contributed by atoms with Crippen LogP contribution in [-0.4, -0.2) is 16.8 Å². The average Bonchev–Trinajstić information content (AvgIpc) is 2.48. The van der Waals surface area contributed by atoms with Gasteiger partial charge in [-0.25, -0.2) is 4.79 Å². The minimum Gasteiger partial charge on any atom is -0.618 e. The third-order valence-corrected chi connectivity index (χ3v) is 3.36. The summed E-state index contributed by atoms with van der Waals surface area (Å²) < 4.78 is 5.67. The highest BCUT2D eigenvalue weighted by Gasteiger charge is 2.17. The number of nitrogens with zero attached hydrogens (tertiary/aromatic N) is 1. The Bertz CT molecular complexity index is 726. The summed E-state index contributed by atoms with van der Waals surface area (Å²) in [6.45, 7) is 5.34. The first kappa shape index (κ1) is 18.0. The molecule has 0 spiro atoms. The van der Waals surface area contributed by atoms with Crippen LogP contribution < -0.4 is 10.0 Å². The van der Waals surface area contributed by atoms with Crippen molar-refractivity contribution in [1.29, 1.82) is 0 Å². The summed E-state index contributed by atoms with van der Waals surface area (Å²) in [7, 11) is 0. The van der Waals surface area contributed by atoms with Gasteiger partial charge in [0.15, 0.2) is 6.20 Å². The number of anilines is 1. The number of ether oxygens (including phenoxy) is 1. The molecule has 7 heteroatoms. The van der Waals surface area contributed by atoms with Crippen LogP contribution in [-0.2, 0) is 4.74 Å². The summed E-state index contributed by atoms with van der Waals surface area (Å²) >= 11 is 5.76. The molecule has 6 nitrogen and oxygen atoms in total. The molecule has 0 fully saturated rings. The molecule has 1 heterocycles. The molecular weight excluding hydrogens is 332 g/mol. The van der Waals surface area contributed by atoms with Gasteiger partial charge in [-0.3, -0.25) is 5.32 Å². The third-order valence-electron chi connectivity index (χ3n) is 3.09. The zero-order valence-corrected chi connectivity index (χ0v) is 14.4. The Balaban J connectivity index is 2.08. The van der Waals surface area contributed by atoms with Crippen molar-refractivity contribution in [1.82, 2.24) is 0 Å². The Labute approximate surface area is 145 Å². The molecule has 0 aliphatic rings. The number of nitrogens with one attached hydrogen (secondary N) is 1. The molecule has 0 radical (unpaired) electrons. The van der Waals surface area contributed by atoms with E-state index in [1.54, 1.807) is 45.0 Å². The lowest BCUT2D eigenvalue weighted by atomic mass is 10.0. The van der Waals surface area contributed by atoms with Gasteiger partial charge in [-0.2, -0.15) is 4.73 Å². The lowest BCUT2D eigenvalue weighted by molar-refractivity contribution is -0.603. The zero-order valence-electron chi connectivity index (χ0n) is 13.6. The number of aliphatic hydroxyl groups excluding tert-OH is 1. The smallest absolute Gasteiger partial charge is 0.412 e. The first-order valence-electron chi connectivity index (χ1n) is 7.32. The Morgan fingerprint density at radius 3 is 2.42 bits per heavy atom. The molecule has 1 aromatic heterocycles. The van der Waals surface area contributed by atoms with Crippen molar-refractivity contribution in [2.24, 2.45) is 0 Å². The number of amides is 1. The number of carbonyl (C=O) groups excluding carboxylic acids is 1. The van der Waals surface area contributed by atoms with Crippen LogP contribution in [0.4, 0.5) is 10.5 Å². The van der Waals surface area contributed by atoms with E-state index in [1.165, 1.54) is 18.3 Å². The number of halogens is 1. The van der Waals surface area contributed by atoms with E-state index < -0.39 is 17.8 Å². The van der Waals surface area contributed by atoms with E-state index in [9.17, 15) is 15.1 Å². The Morgan fingerprint density at radius 2 is 1.88 bits per heavy atom. The third kappa shape index (κ3) is 4.84. The maximum Gasteiger partial charge on any atom is 0.412 e. The number of aliphatic hydroxyl groups is 1. The summed E-state index contributed by atoms with van der Waals surface area (Å²) in [6, 6.07) is 9.55. The summed E-state index contributed by atoms with van der Waals surface area (Å²) in [5, 5.41) is 24.2. The van der Waals surface area contributed by atoms with Crippen LogP contribution in [0.2, 0.25) is 5.15 Å². The standard InChI is InChI=1S/C17H19ClN2O4/c1-17(2,3)24-16(22)19-13-6-4-11(5-7-13)15(21)12-8-9-20(23)14(18)10-12/h4-10,15,21H,1-3H3,(H,19,22). The van der Waals surface area contributed by atoms with Gasteiger partial charge in [0.25, 0.3) is 5.15 Å². The van der Waals surface area contributed by atoms with Gasteiger partial charge in [0.2, 0.25) is 0 Å². The summed E-state index contributed by atoms with van der Waals surface area (Å²) in [4.78, 5) is 11.7. The van der Waals surface area contributed by atoms with Crippen molar-refractivity contribution in [3.05, 3.63) is 64.1 Å². The fourth-order valence-corrected chi connectivity index (χ4v) is 2.19. The van der Waals surface area contributed by atoms with Crippen molar-refractivity contribution >= 4 is 23.4 Å². The van der Waals surface area contributed by atoms with Gasteiger partial charge in [-0.05, 0) is 55.6 Å². The molecule has 0 bridgehead atoms. The molecule has 1 amide bonds. The van der Waals surface area contributed by atoms with Crippen LogP contribution in [0.1, 0.15) is 38.0 Å². The van der Waals surface area contributed by atoms with Crippen LogP contribution in [0.5, 0.6) is 0 Å². The van der Waals surface area contributed by atoms with E-state index in [-0.39, 0.29) is 5.15 Å². The van der Waals surface area contributed by atoms with Crippen LogP contribution in [0.15, 0.2) is 42.6 Å². The summed E-state index contributed by atoms with van der Waals surface area (Å²) in [5.41, 5.74) is 1.07. The second-order valence-corrected chi connectivity index (χ2v) is 6.65. The monoisotopic (exact) mass is 350 g/mol. The van der Waals surface area contributed by atoms with Crippen molar-refractivity contribution in [2.45, 2.75) is 32.5 Å². The largest absolute Gasteiger partial charge is 0.618 e. The average molecular weight is 351 g/mol. The fraction of sp³-hybridized carbons (Fsp3) is 0.294. The molecule has 0 saturated carbocycles. The number of rotatable bonds is 3. The number of hydrogen-bond acceptors (Lipinski definition) is 4. The van der Waals surface area contributed by atoms with Crippen LogP contribution >= 0.6 is 11.6 Å². The zero-order chi connectivity index (χ0) is 17.9. The molecule has 0 saturated heterocycles. The molecule has 2 N–H and O–H groups in total. The quantitative estimate of drug-likeness (QED) is 0.504. The van der Waals surface area contributed by atoms with E-state index in [0.29, 0.717) is 21.5 Å². The first-order chi connectivity index (χ1) is 11.2. The Morgan fingerprint density at radius 1 is 1.25 bits per heavy atom. The highest BCUT2D eigenvalue weighted by molar-refractivity contribution is 6.28. The van der Waals surface area contributed by atoms with Crippen LogP contribution in [0.25, 0.3) is 0 Å². The van der Waals surface area contributed by atoms with Gasteiger partial charge in [0.05, 0.1) is 0 Å². The number of aromatic nitrogens is 1. The molecule has 1 unspecified atom stereocenters. The van der Waals surface area contributed by atoms with Gasteiger partial charge in [-0.15, -0.1) is 0 Å². The van der Waals surface area contributed by atoms with Crippen molar-refractivity contribution in [2.75, 3.05) is 5.32 Å². The predicted molar refractivity (Wildman–Crippen MR) is 90.8 cm³/mol. The van der Waals surface area contributed by atoms with E-state index in [2.05, 4.69) is 5.32 Å². The van der Waals surface area contributed by atoms with Gasteiger partial charge in [0.1, 0.15) is 11.7 Å². The maximum atomic E-state index is 11.7. The summed E-state index contributed by atoms with van der Waals surface area (Å²) in [6.07, 6.45) is -0.246. The predicted octanol–water partition coefficient (Wildman–Crippen LogP) is 3.40. The second-order valence-electron chi connectivity index (χ2n) is 6.26. The van der Waals surface area contributed by atoms with Crippen LogP contribution in [0.3, 0.4) is 0 Å². The van der Waals surface area contributed by atoms with E-state index in [1.807, 2.05) is 0 Å². The number of carbonyl (C=O) groups is 1. The topological polar surface area (TPSA) is 85.5 Å². The van der Waals surface area contributed by atoms with Crippen molar-refractivity contribution < 1.29 is 19.4 Å². The highest BCUT2D eigenvalue weighted by Crippen LogP contribution is 2.24. The molecule has 0 aliphatic carbocycles. The van der Waals surface area contributed by atoms with Crippen molar-refractivity contribution in [3.8, 4) is 0 Å². The normalized spacial score (nSPS) is 12.5. The molecular formula is C17H19ClN2O4. The summed E-state index contributed by atoms with van der Waals surface area (Å²) in [5.74, 6) is 0. The minimum absolute atomic E-state index is 0.0187. The van der Waals surface area contributed by atoms with Gasteiger partial charge in [-0.1, -0.05) is 12.1 Å². The van der Waals surface area contributed by atoms with E-state index in [4.69, 9.17) is 16.3 Å². The Hall–Kier alpha value is -2.31. The second kappa shape index (κ2) is 7.07. The Kier molecular flexibility index (Phi) is 5.31. The molecule has 1 atom stereocenters. The van der Waals surface area contributed by atoms with E-state index in [0.717, 1.165) is 0 Å². The molecule has 128 valence electrons.